The average molecular weight is 454 g/mol. The van der Waals surface area contributed by atoms with E-state index in [2.05, 4.69) is 22.2 Å². The molecule has 0 fully saturated rings. The summed E-state index contributed by atoms with van der Waals surface area (Å²) in [5.74, 6) is 2.31. The zero-order chi connectivity index (χ0) is 23.8. The van der Waals surface area contributed by atoms with Gasteiger partial charge in [-0.3, -0.25) is 4.79 Å². The molecule has 0 spiro atoms. The molecule has 1 aromatic heterocycles. The molecular formula is C28H27N3O3. The topological polar surface area (TPSA) is 73.3 Å². The summed E-state index contributed by atoms with van der Waals surface area (Å²) >= 11 is 0. The minimum absolute atomic E-state index is 0.151. The Morgan fingerprint density at radius 1 is 0.882 bits per heavy atom. The number of aromatic nitrogens is 2. The van der Waals surface area contributed by atoms with Gasteiger partial charge in [-0.05, 0) is 55.3 Å². The maximum absolute atomic E-state index is 12.5. The SMILES string of the molecule is CCCOc1ccc(CNC(=O)c2ccc(Oc3ccnc(-c4ccc(C)cc4)n3)cc2)cc1. The predicted molar refractivity (Wildman–Crippen MR) is 132 cm³/mol. The standard InChI is InChI=1S/C28H27N3O3/c1-3-18-33-24-12-6-21(7-13-24)19-30-28(32)23-10-14-25(15-11-23)34-26-16-17-29-27(31-26)22-8-4-20(2)5-9-22/h4-17H,3,18-19H2,1-2H3,(H,30,32). The average Bonchev–Trinajstić information content (AvgIpc) is 2.88. The van der Waals surface area contributed by atoms with Gasteiger partial charge in [-0.1, -0.05) is 48.9 Å². The summed E-state index contributed by atoms with van der Waals surface area (Å²) in [7, 11) is 0. The van der Waals surface area contributed by atoms with Crippen molar-refractivity contribution >= 4 is 5.91 Å². The molecule has 4 rings (SSSR count). The fraction of sp³-hybridized carbons (Fsp3) is 0.179. The molecule has 0 radical (unpaired) electrons. The van der Waals surface area contributed by atoms with Crippen LogP contribution in [-0.2, 0) is 6.54 Å². The van der Waals surface area contributed by atoms with Crippen LogP contribution in [0.25, 0.3) is 11.4 Å². The normalized spacial score (nSPS) is 10.5. The van der Waals surface area contributed by atoms with Crippen LogP contribution < -0.4 is 14.8 Å². The Hall–Kier alpha value is -4.19. The van der Waals surface area contributed by atoms with Crippen LogP contribution in [0.15, 0.2) is 85.1 Å². The van der Waals surface area contributed by atoms with Crippen molar-refractivity contribution in [3.05, 3.63) is 102 Å². The van der Waals surface area contributed by atoms with E-state index in [1.165, 1.54) is 5.56 Å². The summed E-state index contributed by atoms with van der Waals surface area (Å²) in [6.45, 7) is 5.24. The van der Waals surface area contributed by atoms with E-state index in [9.17, 15) is 4.79 Å². The van der Waals surface area contributed by atoms with Crippen molar-refractivity contribution in [2.75, 3.05) is 6.61 Å². The van der Waals surface area contributed by atoms with Crippen molar-refractivity contribution in [1.82, 2.24) is 15.3 Å². The minimum atomic E-state index is -0.151. The first kappa shape index (κ1) is 23.0. The largest absolute Gasteiger partial charge is 0.494 e. The lowest BCUT2D eigenvalue weighted by Gasteiger charge is -2.09. The van der Waals surface area contributed by atoms with Crippen molar-refractivity contribution < 1.29 is 14.3 Å². The van der Waals surface area contributed by atoms with Gasteiger partial charge < -0.3 is 14.8 Å². The molecule has 0 atom stereocenters. The van der Waals surface area contributed by atoms with E-state index in [1.807, 2.05) is 55.5 Å². The van der Waals surface area contributed by atoms with E-state index in [0.29, 0.717) is 36.2 Å². The molecule has 0 aliphatic heterocycles. The molecule has 4 aromatic rings. The second-order valence-corrected chi connectivity index (χ2v) is 7.89. The van der Waals surface area contributed by atoms with Gasteiger partial charge in [-0.2, -0.15) is 4.98 Å². The van der Waals surface area contributed by atoms with Crippen LogP contribution in [0.2, 0.25) is 0 Å². The number of amides is 1. The molecule has 0 bridgehead atoms. The summed E-state index contributed by atoms with van der Waals surface area (Å²) < 4.78 is 11.5. The maximum Gasteiger partial charge on any atom is 0.251 e. The van der Waals surface area contributed by atoms with Crippen LogP contribution in [0.1, 0.15) is 34.8 Å². The highest BCUT2D eigenvalue weighted by molar-refractivity contribution is 5.94. The first-order chi connectivity index (χ1) is 16.6. The van der Waals surface area contributed by atoms with Gasteiger partial charge in [0.15, 0.2) is 5.82 Å². The number of carbonyl (C=O) groups excluding carboxylic acids is 1. The van der Waals surface area contributed by atoms with E-state index >= 15 is 0 Å². The van der Waals surface area contributed by atoms with Gasteiger partial charge in [0.2, 0.25) is 5.88 Å². The van der Waals surface area contributed by atoms with Crippen molar-refractivity contribution in [2.24, 2.45) is 0 Å². The highest BCUT2D eigenvalue weighted by Gasteiger charge is 2.08. The van der Waals surface area contributed by atoms with Crippen molar-refractivity contribution in [2.45, 2.75) is 26.8 Å². The summed E-state index contributed by atoms with van der Waals surface area (Å²) in [4.78, 5) is 21.3. The van der Waals surface area contributed by atoms with Crippen LogP contribution in [0, 0.1) is 6.92 Å². The molecule has 0 aliphatic carbocycles. The number of aryl methyl sites for hydroxylation is 1. The zero-order valence-corrected chi connectivity index (χ0v) is 19.3. The number of hydrogen-bond acceptors (Lipinski definition) is 5. The third-order valence-corrected chi connectivity index (χ3v) is 5.13. The molecule has 0 unspecified atom stereocenters. The van der Waals surface area contributed by atoms with E-state index in [4.69, 9.17) is 9.47 Å². The summed E-state index contributed by atoms with van der Waals surface area (Å²) in [6, 6.07) is 24.4. The molecule has 34 heavy (non-hydrogen) atoms. The van der Waals surface area contributed by atoms with Gasteiger partial charge in [-0.25, -0.2) is 4.98 Å². The van der Waals surface area contributed by atoms with Gasteiger partial charge in [0, 0.05) is 29.9 Å². The summed E-state index contributed by atoms with van der Waals surface area (Å²) in [5.41, 5.74) is 3.66. The molecule has 172 valence electrons. The number of nitrogens with zero attached hydrogens (tertiary/aromatic N) is 2. The Kier molecular flexibility index (Phi) is 7.50. The summed E-state index contributed by atoms with van der Waals surface area (Å²) in [6.07, 6.45) is 2.64. The second kappa shape index (κ2) is 11.1. The van der Waals surface area contributed by atoms with Crippen LogP contribution in [0.3, 0.4) is 0 Å². The lowest BCUT2D eigenvalue weighted by atomic mass is 10.1. The molecule has 6 heteroatoms. The molecule has 1 N–H and O–H groups in total. The number of hydrogen-bond donors (Lipinski definition) is 1. The Morgan fingerprint density at radius 3 is 2.29 bits per heavy atom. The number of carbonyl (C=O) groups is 1. The Labute approximate surface area is 199 Å². The number of nitrogens with one attached hydrogen (secondary N) is 1. The number of benzene rings is 3. The third kappa shape index (κ3) is 6.19. The van der Waals surface area contributed by atoms with E-state index in [0.717, 1.165) is 23.3 Å². The fourth-order valence-electron chi connectivity index (χ4n) is 3.24. The van der Waals surface area contributed by atoms with E-state index in [1.54, 1.807) is 36.5 Å². The van der Waals surface area contributed by atoms with Crippen LogP contribution >= 0.6 is 0 Å². The molecule has 0 saturated heterocycles. The van der Waals surface area contributed by atoms with Crippen LogP contribution in [0.5, 0.6) is 17.4 Å². The van der Waals surface area contributed by atoms with E-state index < -0.39 is 0 Å². The molecule has 1 heterocycles. The van der Waals surface area contributed by atoms with Crippen molar-refractivity contribution in [3.63, 3.8) is 0 Å². The molecule has 0 saturated carbocycles. The predicted octanol–water partition coefficient (Wildman–Crippen LogP) is 5.96. The Bertz CT molecular complexity index is 1220. The lowest BCUT2D eigenvalue weighted by molar-refractivity contribution is 0.0951. The van der Waals surface area contributed by atoms with Gasteiger partial charge in [0.25, 0.3) is 5.91 Å². The minimum Gasteiger partial charge on any atom is -0.494 e. The van der Waals surface area contributed by atoms with Gasteiger partial charge in [-0.15, -0.1) is 0 Å². The molecular weight excluding hydrogens is 426 g/mol. The Morgan fingerprint density at radius 2 is 1.59 bits per heavy atom. The lowest BCUT2D eigenvalue weighted by Crippen LogP contribution is -2.22. The maximum atomic E-state index is 12.5. The second-order valence-electron chi connectivity index (χ2n) is 7.89. The highest BCUT2D eigenvalue weighted by Crippen LogP contribution is 2.23. The zero-order valence-electron chi connectivity index (χ0n) is 19.3. The monoisotopic (exact) mass is 453 g/mol. The smallest absolute Gasteiger partial charge is 0.251 e. The highest BCUT2D eigenvalue weighted by atomic mass is 16.5. The first-order valence-electron chi connectivity index (χ1n) is 11.3. The van der Waals surface area contributed by atoms with Gasteiger partial charge in [0.05, 0.1) is 6.61 Å². The number of rotatable bonds is 9. The number of ether oxygens (including phenoxy) is 2. The van der Waals surface area contributed by atoms with E-state index in [-0.39, 0.29) is 5.91 Å². The molecule has 3 aromatic carbocycles. The van der Waals surface area contributed by atoms with Gasteiger partial charge in [0.1, 0.15) is 11.5 Å². The summed E-state index contributed by atoms with van der Waals surface area (Å²) in [5, 5.41) is 2.94. The fourth-order valence-corrected chi connectivity index (χ4v) is 3.24. The van der Waals surface area contributed by atoms with Crippen LogP contribution in [0.4, 0.5) is 0 Å². The quantitative estimate of drug-likeness (QED) is 0.338. The first-order valence-corrected chi connectivity index (χ1v) is 11.3. The Balaban J connectivity index is 1.33. The van der Waals surface area contributed by atoms with Gasteiger partial charge >= 0.3 is 0 Å². The van der Waals surface area contributed by atoms with Crippen molar-refractivity contribution in [3.8, 4) is 28.8 Å². The molecule has 6 nitrogen and oxygen atoms in total. The molecule has 0 aliphatic rings. The van der Waals surface area contributed by atoms with Crippen LogP contribution in [-0.4, -0.2) is 22.5 Å². The van der Waals surface area contributed by atoms with Crippen molar-refractivity contribution in [1.29, 1.82) is 0 Å². The third-order valence-electron chi connectivity index (χ3n) is 5.13. The molecule has 1 amide bonds.